The third kappa shape index (κ3) is 5.13. The molecule has 8 nitrogen and oxygen atoms in total. The van der Waals surface area contributed by atoms with E-state index in [4.69, 9.17) is 14.7 Å². The van der Waals surface area contributed by atoms with Gasteiger partial charge in [0, 0.05) is 46.4 Å². The number of ether oxygens (including phenoxy) is 2. The Morgan fingerprint density at radius 1 is 1.08 bits per heavy atom. The molecule has 24 heavy (non-hydrogen) atoms. The molecule has 1 saturated carbocycles. The van der Waals surface area contributed by atoms with Crippen LogP contribution in [0.25, 0.3) is 0 Å². The second-order valence-corrected chi connectivity index (χ2v) is 8.30. The molecule has 1 aliphatic carbocycles. The molecule has 0 radical (unpaired) electrons. The van der Waals surface area contributed by atoms with Crippen molar-refractivity contribution in [3.05, 3.63) is 0 Å². The van der Waals surface area contributed by atoms with Gasteiger partial charge in [-0.2, -0.15) is 0 Å². The molecule has 0 bridgehead atoms. The number of hydrogen-bond donors (Lipinski definition) is 2. The summed E-state index contributed by atoms with van der Waals surface area (Å²) in [6.45, 7) is 5.38. The largest absolute Gasteiger partial charge is 0.381 e. The second kappa shape index (κ2) is 8.93. The molecule has 5 atom stereocenters. The monoisotopic (exact) mass is 366 g/mol. The van der Waals surface area contributed by atoms with Crippen molar-refractivity contribution in [2.75, 3.05) is 40.4 Å². The van der Waals surface area contributed by atoms with Crippen LogP contribution in [0.4, 0.5) is 0 Å². The first-order valence-corrected chi connectivity index (χ1v) is 9.92. The van der Waals surface area contributed by atoms with E-state index >= 15 is 0 Å². The molecule has 0 aromatic heterocycles. The van der Waals surface area contributed by atoms with Crippen LogP contribution in [-0.2, 0) is 18.8 Å². The predicted octanol–water partition coefficient (Wildman–Crippen LogP) is 1.24. The van der Waals surface area contributed by atoms with Crippen molar-refractivity contribution in [3.8, 4) is 0 Å². The van der Waals surface area contributed by atoms with Crippen molar-refractivity contribution in [1.82, 2.24) is 9.80 Å². The Morgan fingerprint density at radius 2 is 1.71 bits per heavy atom. The van der Waals surface area contributed by atoms with E-state index < -0.39 is 9.77 Å². The first-order valence-electron chi connectivity index (χ1n) is 8.17. The van der Waals surface area contributed by atoms with Gasteiger partial charge in [0.15, 0.2) is 0 Å². The summed E-state index contributed by atoms with van der Waals surface area (Å²) in [4.78, 5) is 4.37. The highest BCUT2D eigenvalue weighted by molar-refractivity contribution is 8.19. The molecule has 0 aromatic carbocycles. The number of hydrogen-bond acceptors (Lipinski definition) is 7. The molecular weight excluding hydrogens is 336 g/mol. The molecule has 0 aromatic rings. The number of piperazine rings is 1. The molecule has 2 rings (SSSR count). The van der Waals surface area contributed by atoms with Gasteiger partial charge in [-0.3, -0.25) is 9.80 Å². The number of methoxy groups -OCH3 is 2. The summed E-state index contributed by atoms with van der Waals surface area (Å²) in [5.74, 6) is 3.99. The van der Waals surface area contributed by atoms with Crippen molar-refractivity contribution < 1.29 is 28.7 Å². The van der Waals surface area contributed by atoms with Crippen LogP contribution in [0.15, 0.2) is 0 Å². The third-order valence-electron chi connectivity index (χ3n) is 5.03. The van der Waals surface area contributed by atoms with Crippen molar-refractivity contribution >= 4 is 21.1 Å². The van der Waals surface area contributed by atoms with E-state index in [2.05, 4.69) is 27.1 Å². The quantitative estimate of drug-likeness (QED) is 0.413. The lowest BCUT2D eigenvalue weighted by Gasteiger charge is -2.46. The Labute approximate surface area is 144 Å². The van der Waals surface area contributed by atoms with E-state index in [1.54, 1.807) is 14.2 Å². The van der Waals surface area contributed by atoms with Gasteiger partial charge in [0.05, 0.1) is 27.5 Å². The maximum Gasteiger partial charge on any atom is 0.0730 e. The minimum Gasteiger partial charge on any atom is -0.381 e. The van der Waals surface area contributed by atoms with Crippen molar-refractivity contribution in [2.45, 2.75) is 38.0 Å². The Kier molecular flexibility index (Phi) is 7.47. The van der Waals surface area contributed by atoms with Crippen molar-refractivity contribution in [2.24, 2.45) is 5.92 Å². The second-order valence-electron chi connectivity index (χ2n) is 6.57. The fraction of sp³-hybridized carbons (Fsp3) is 0.867. The Hall–Kier alpha value is -0.230. The summed E-state index contributed by atoms with van der Waals surface area (Å²) in [6.07, 6.45) is 2.43. The highest BCUT2D eigenvalue weighted by Gasteiger charge is 2.39. The van der Waals surface area contributed by atoms with Gasteiger partial charge >= 0.3 is 0 Å². The first-order chi connectivity index (χ1) is 11.4. The molecule has 1 saturated heterocycles. The van der Waals surface area contributed by atoms with Gasteiger partial charge in [-0.1, -0.05) is 12.0 Å². The summed E-state index contributed by atoms with van der Waals surface area (Å²) >= 11 is 0. The molecule has 9 heteroatoms. The molecule has 2 N–H and O–H groups in total. The van der Waals surface area contributed by atoms with Gasteiger partial charge in [-0.15, -0.1) is 4.33 Å². The van der Waals surface area contributed by atoms with Gasteiger partial charge in [0.2, 0.25) is 0 Å². The molecule has 2 aliphatic rings. The minimum absolute atomic E-state index is 0.212. The van der Waals surface area contributed by atoms with Gasteiger partial charge in [0.1, 0.15) is 0 Å². The first kappa shape index (κ1) is 20.1. The van der Waals surface area contributed by atoms with Crippen LogP contribution in [-0.4, -0.2) is 89.6 Å². The van der Waals surface area contributed by atoms with Crippen LogP contribution < -0.4 is 0 Å². The third-order valence-corrected chi connectivity index (χ3v) is 5.95. The fourth-order valence-electron chi connectivity index (χ4n) is 3.74. The zero-order valence-electron chi connectivity index (χ0n) is 14.7. The highest BCUT2D eigenvalue weighted by Crippen LogP contribution is 2.32. The van der Waals surface area contributed by atoms with Crippen molar-refractivity contribution in [3.63, 3.8) is 0 Å². The predicted molar refractivity (Wildman–Crippen MR) is 95.1 cm³/mol. The average Bonchev–Trinajstić information content (AvgIpc) is 2.55. The Balaban J connectivity index is 1.96. The van der Waals surface area contributed by atoms with E-state index in [-0.39, 0.29) is 12.2 Å². The zero-order chi connectivity index (χ0) is 17.7. The van der Waals surface area contributed by atoms with Crippen LogP contribution >= 0.6 is 9.77 Å². The molecule has 0 spiro atoms. The smallest absolute Gasteiger partial charge is 0.0730 e. The molecule has 1 aliphatic heterocycles. The lowest BCUT2D eigenvalue weighted by molar-refractivity contribution is -0.434. The van der Waals surface area contributed by atoms with Crippen LogP contribution in [0.2, 0.25) is 0 Å². The molecule has 2 fully saturated rings. The van der Waals surface area contributed by atoms with Gasteiger partial charge < -0.3 is 14.0 Å². The summed E-state index contributed by atoms with van der Waals surface area (Å²) in [6, 6.07) is 0.335. The summed E-state index contributed by atoms with van der Waals surface area (Å²) in [5.41, 5.74) is 1.50. The lowest BCUT2D eigenvalue weighted by Crippen LogP contribution is -2.57. The van der Waals surface area contributed by atoms with Crippen LogP contribution in [0, 0.1) is 5.92 Å². The standard InChI is InChI=1S/C15H30N2O6S/c1-12-9-15(21-3)13(10-14(12)20-2)17-7-5-16(6-8-17)11-24(4,19)23-22-18/h11-15,18-19H,4-10H2,1-3H3. The lowest BCUT2D eigenvalue weighted by atomic mass is 9.81. The molecule has 0 amide bonds. The molecule has 142 valence electrons. The Bertz CT molecular complexity index is 502. The highest BCUT2D eigenvalue weighted by atomic mass is 32.2. The van der Waals surface area contributed by atoms with Crippen LogP contribution in [0.3, 0.4) is 0 Å². The minimum atomic E-state index is -2.79. The molecule has 5 unspecified atom stereocenters. The number of rotatable bonds is 6. The molecule has 1 heterocycles. The van der Waals surface area contributed by atoms with Gasteiger partial charge in [-0.05, 0) is 24.6 Å². The number of nitrogens with zero attached hydrogens (tertiary/aromatic N) is 2. The maximum absolute atomic E-state index is 9.87. The van der Waals surface area contributed by atoms with Crippen molar-refractivity contribution in [1.29, 1.82) is 0 Å². The van der Waals surface area contributed by atoms with E-state index in [0.29, 0.717) is 12.0 Å². The Morgan fingerprint density at radius 3 is 2.25 bits per heavy atom. The topological polar surface area (TPSA) is 83.9 Å². The zero-order valence-corrected chi connectivity index (χ0v) is 15.5. The van der Waals surface area contributed by atoms with Gasteiger partial charge in [0.25, 0.3) is 0 Å². The SMILES string of the molecule is C=S(O)(=CN1CCN(C2CC(OC)C(C)CC2OC)CC1)OOO. The van der Waals surface area contributed by atoms with Gasteiger partial charge in [-0.25, -0.2) is 5.26 Å². The average molecular weight is 366 g/mol. The van der Waals surface area contributed by atoms with E-state index in [0.717, 1.165) is 39.0 Å². The maximum atomic E-state index is 9.87. The van der Waals surface area contributed by atoms with E-state index in [1.807, 2.05) is 4.90 Å². The van der Waals surface area contributed by atoms with E-state index in [1.165, 1.54) is 5.49 Å². The normalized spacial score (nSPS) is 35.5. The summed E-state index contributed by atoms with van der Waals surface area (Å²) in [7, 11) is 0.761. The fourth-order valence-corrected chi connectivity index (χ4v) is 4.56. The molecular formula is C15H30N2O6S. The summed E-state index contributed by atoms with van der Waals surface area (Å²) < 4.78 is 25.6. The van der Waals surface area contributed by atoms with E-state index in [9.17, 15) is 4.55 Å². The van der Waals surface area contributed by atoms with Crippen LogP contribution in [0.1, 0.15) is 19.8 Å². The summed E-state index contributed by atoms with van der Waals surface area (Å²) in [5, 5.41) is 11.8. The van der Waals surface area contributed by atoms with Crippen LogP contribution in [0.5, 0.6) is 0 Å².